The van der Waals surface area contributed by atoms with Gasteiger partial charge in [0.15, 0.2) is 17.5 Å². The number of benzene rings is 2. The Morgan fingerprint density at radius 2 is 1.57 bits per heavy atom. The van der Waals surface area contributed by atoms with Gasteiger partial charge in [-0.3, -0.25) is 11.3 Å². The van der Waals surface area contributed by atoms with Crippen molar-refractivity contribution in [2.75, 3.05) is 0 Å². The molecule has 3 N–H and O–H groups in total. The summed E-state index contributed by atoms with van der Waals surface area (Å²) in [4.78, 5) is 0. The standard InChI is InChI=1S/C14H11Cl2F3N2/c15-9-2-1-3-10(16)8(9)6-13(21-20)7-4-11(17)14(19)12(18)5-7/h1-5,13,21H,6,20H2. The van der Waals surface area contributed by atoms with Crippen LogP contribution in [0.5, 0.6) is 0 Å². The Morgan fingerprint density at radius 1 is 1.05 bits per heavy atom. The van der Waals surface area contributed by atoms with E-state index in [0.29, 0.717) is 15.6 Å². The fourth-order valence-electron chi connectivity index (χ4n) is 1.98. The van der Waals surface area contributed by atoms with Gasteiger partial charge in [-0.15, -0.1) is 0 Å². The Morgan fingerprint density at radius 3 is 2.05 bits per heavy atom. The van der Waals surface area contributed by atoms with Crippen molar-refractivity contribution in [1.82, 2.24) is 5.43 Å². The third kappa shape index (κ3) is 3.49. The van der Waals surface area contributed by atoms with Crippen LogP contribution >= 0.6 is 23.2 Å². The third-order valence-electron chi connectivity index (χ3n) is 3.08. The summed E-state index contributed by atoms with van der Waals surface area (Å²) in [5.41, 5.74) is 3.16. The molecule has 0 spiro atoms. The molecule has 21 heavy (non-hydrogen) atoms. The Hall–Kier alpha value is -1.27. The number of nitrogens with two attached hydrogens (primary N) is 1. The maximum atomic E-state index is 13.3. The van der Waals surface area contributed by atoms with Gasteiger partial charge in [0.05, 0.1) is 6.04 Å². The van der Waals surface area contributed by atoms with Gasteiger partial charge in [-0.05, 0) is 41.8 Å². The summed E-state index contributed by atoms with van der Waals surface area (Å²) >= 11 is 12.1. The molecule has 1 atom stereocenters. The van der Waals surface area contributed by atoms with Crippen LogP contribution in [0.2, 0.25) is 10.0 Å². The molecule has 1 unspecified atom stereocenters. The van der Waals surface area contributed by atoms with Crippen LogP contribution in [0.3, 0.4) is 0 Å². The smallest absolute Gasteiger partial charge is 0.194 e. The highest BCUT2D eigenvalue weighted by atomic mass is 35.5. The first kappa shape index (κ1) is 16.1. The molecule has 0 aromatic heterocycles. The largest absolute Gasteiger partial charge is 0.271 e. The zero-order valence-electron chi connectivity index (χ0n) is 10.6. The van der Waals surface area contributed by atoms with Gasteiger partial charge in [0.2, 0.25) is 0 Å². The van der Waals surface area contributed by atoms with Crippen LogP contribution in [0.25, 0.3) is 0 Å². The summed E-state index contributed by atoms with van der Waals surface area (Å²) in [6.07, 6.45) is 0.194. The minimum atomic E-state index is -1.52. The maximum absolute atomic E-state index is 13.3. The molecule has 0 amide bonds. The van der Waals surface area contributed by atoms with Crippen LogP contribution in [-0.2, 0) is 6.42 Å². The van der Waals surface area contributed by atoms with E-state index >= 15 is 0 Å². The van der Waals surface area contributed by atoms with E-state index in [0.717, 1.165) is 12.1 Å². The second-order valence-corrected chi connectivity index (χ2v) is 5.24. The summed E-state index contributed by atoms with van der Waals surface area (Å²) in [5, 5.41) is 0.816. The first-order valence-electron chi connectivity index (χ1n) is 5.97. The van der Waals surface area contributed by atoms with Gasteiger partial charge in [-0.2, -0.15) is 0 Å². The minimum absolute atomic E-state index is 0.157. The van der Waals surface area contributed by atoms with Gasteiger partial charge in [0, 0.05) is 10.0 Å². The summed E-state index contributed by atoms with van der Waals surface area (Å²) in [5.74, 6) is 1.33. The quantitative estimate of drug-likeness (QED) is 0.500. The molecule has 0 fully saturated rings. The molecule has 0 aliphatic rings. The summed E-state index contributed by atoms with van der Waals surface area (Å²) in [6.45, 7) is 0. The molecule has 0 saturated carbocycles. The number of nitrogens with one attached hydrogen (secondary N) is 1. The lowest BCUT2D eigenvalue weighted by molar-refractivity contribution is 0.439. The van der Waals surface area contributed by atoms with E-state index in [1.54, 1.807) is 18.2 Å². The molecule has 0 aliphatic carbocycles. The highest BCUT2D eigenvalue weighted by Gasteiger charge is 2.19. The lowest BCUT2D eigenvalue weighted by atomic mass is 9.99. The van der Waals surface area contributed by atoms with Crippen LogP contribution in [-0.4, -0.2) is 0 Å². The fourth-order valence-corrected chi connectivity index (χ4v) is 2.53. The van der Waals surface area contributed by atoms with E-state index in [4.69, 9.17) is 29.0 Å². The van der Waals surface area contributed by atoms with E-state index in [9.17, 15) is 13.2 Å². The first-order valence-corrected chi connectivity index (χ1v) is 6.73. The molecule has 0 bridgehead atoms. The van der Waals surface area contributed by atoms with Crippen molar-refractivity contribution in [1.29, 1.82) is 0 Å². The molecule has 2 aromatic carbocycles. The average Bonchev–Trinajstić information content (AvgIpc) is 2.44. The average molecular weight is 335 g/mol. The highest BCUT2D eigenvalue weighted by Crippen LogP contribution is 2.30. The number of hydrazine groups is 1. The molecule has 2 rings (SSSR count). The van der Waals surface area contributed by atoms with Crippen molar-refractivity contribution in [3.05, 3.63) is 69.0 Å². The van der Waals surface area contributed by atoms with Crippen LogP contribution < -0.4 is 11.3 Å². The van der Waals surface area contributed by atoms with Crippen LogP contribution in [0.1, 0.15) is 17.2 Å². The van der Waals surface area contributed by atoms with Crippen molar-refractivity contribution in [3.63, 3.8) is 0 Å². The van der Waals surface area contributed by atoms with Crippen molar-refractivity contribution < 1.29 is 13.2 Å². The maximum Gasteiger partial charge on any atom is 0.194 e. The Kier molecular flexibility index (Phi) is 5.11. The van der Waals surface area contributed by atoms with Gasteiger partial charge < -0.3 is 0 Å². The SMILES string of the molecule is NNC(Cc1c(Cl)cccc1Cl)c1cc(F)c(F)c(F)c1. The Balaban J connectivity index is 2.37. The number of hydrogen-bond acceptors (Lipinski definition) is 2. The van der Waals surface area contributed by atoms with Crippen molar-refractivity contribution in [2.24, 2.45) is 5.84 Å². The van der Waals surface area contributed by atoms with E-state index in [2.05, 4.69) is 5.43 Å². The first-order chi connectivity index (χ1) is 9.93. The number of hydrogen-bond donors (Lipinski definition) is 2. The Bertz CT molecular complexity index is 621. The highest BCUT2D eigenvalue weighted by molar-refractivity contribution is 6.36. The topological polar surface area (TPSA) is 38.0 Å². The van der Waals surface area contributed by atoms with Gasteiger partial charge in [0.1, 0.15) is 0 Å². The summed E-state index contributed by atoms with van der Waals surface area (Å²) in [7, 11) is 0. The van der Waals surface area contributed by atoms with Gasteiger partial charge >= 0.3 is 0 Å². The van der Waals surface area contributed by atoms with Crippen LogP contribution in [0.4, 0.5) is 13.2 Å². The molecule has 112 valence electrons. The van der Waals surface area contributed by atoms with E-state index in [1.165, 1.54) is 0 Å². The molecular formula is C14H11Cl2F3N2. The minimum Gasteiger partial charge on any atom is -0.271 e. The second-order valence-electron chi connectivity index (χ2n) is 4.42. The lowest BCUT2D eigenvalue weighted by Gasteiger charge is -2.18. The zero-order chi connectivity index (χ0) is 15.6. The zero-order valence-corrected chi connectivity index (χ0v) is 12.2. The molecule has 0 aliphatic heterocycles. The predicted octanol–water partition coefficient (Wildman–Crippen LogP) is 4.16. The number of halogens is 5. The normalized spacial score (nSPS) is 12.5. The van der Waals surface area contributed by atoms with Crippen molar-refractivity contribution in [2.45, 2.75) is 12.5 Å². The lowest BCUT2D eigenvalue weighted by Crippen LogP contribution is -2.30. The van der Waals surface area contributed by atoms with Crippen molar-refractivity contribution >= 4 is 23.2 Å². The summed E-state index contributed by atoms with van der Waals surface area (Å²) < 4.78 is 39.6. The number of rotatable bonds is 4. The van der Waals surface area contributed by atoms with Gasteiger partial charge in [-0.25, -0.2) is 13.2 Å². The molecule has 2 aromatic rings. The molecule has 0 saturated heterocycles. The van der Waals surface area contributed by atoms with E-state index < -0.39 is 23.5 Å². The van der Waals surface area contributed by atoms with Crippen LogP contribution in [0, 0.1) is 17.5 Å². The fraction of sp³-hybridized carbons (Fsp3) is 0.143. The van der Waals surface area contributed by atoms with Crippen LogP contribution in [0.15, 0.2) is 30.3 Å². The monoisotopic (exact) mass is 334 g/mol. The molecule has 2 nitrogen and oxygen atoms in total. The molecule has 0 radical (unpaired) electrons. The predicted molar refractivity (Wildman–Crippen MR) is 76.5 cm³/mol. The van der Waals surface area contributed by atoms with E-state index in [-0.39, 0.29) is 12.0 Å². The molecular weight excluding hydrogens is 324 g/mol. The third-order valence-corrected chi connectivity index (χ3v) is 3.79. The van der Waals surface area contributed by atoms with Gasteiger partial charge in [-0.1, -0.05) is 29.3 Å². The Labute approximate surface area is 129 Å². The van der Waals surface area contributed by atoms with Crippen molar-refractivity contribution in [3.8, 4) is 0 Å². The van der Waals surface area contributed by atoms with E-state index in [1.807, 2.05) is 0 Å². The summed E-state index contributed by atoms with van der Waals surface area (Å²) in [6, 6.07) is 6.05. The molecule has 0 heterocycles. The van der Waals surface area contributed by atoms with Gasteiger partial charge in [0.25, 0.3) is 0 Å². The second kappa shape index (κ2) is 6.66. The molecule has 7 heteroatoms.